The highest BCUT2D eigenvalue weighted by Crippen LogP contribution is 2.20. The number of aromatic nitrogens is 1. The smallest absolute Gasteiger partial charge is 0.325 e. The number of nitrogens with zero attached hydrogens (tertiary/aromatic N) is 2. The summed E-state index contributed by atoms with van der Waals surface area (Å²) in [7, 11) is 0. The van der Waals surface area contributed by atoms with Crippen molar-refractivity contribution in [3.63, 3.8) is 0 Å². The first-order valence-corrected chi connectivity index (χ1v) is 8.85. The van der Waals surface area contributed by atoms with E-state index >= 15 is 0 Å². The van der Waals surface area contributed by atoms with E-state index in [2.05, 4.69) is 15.6 Å². The van der Waals surface area contributed by atoms with Crippen LogP contribution < -0.4 is 10.6 Å². The van der Waals surface area contributed by atoms with Crippen LogP contribution in [0.5, 0.6) is 0 Å². The third-order valence-corrected chi connectivity index (χ3v) is 4.79. The second kappa shape index (κ2) is 7.62. The lowest BCUT2D eigenvalue weighted by Crippen LogP contribution is -2.31. The lowest BCUT2D eigenvalue weighted by molar-refractivity contribution is -0.128. The first-order chi connectivity index (χ1) is 12.0. The molecular formula is C16H15ClN4O3S. The van der Waals surface area contributed by atoms with Gasteiger partial charge in [-0.15, -0.1) is 11.3 Å². The van der Waals surface area contributed by atoms with Gasteiger partial charge in [0.15, 0.2) is 5.13 Å². The van der Waals surface area contributed by atoms with Gasteiger partial charge in [0.05, 0.1) is 6.54 Å². The van der Waals surface area contributed by atoms with E-state index in [-0.39, 0.29) is 31.2 Å². The Morgan fingerprint density at radius 1 is 1.36 bits per heavy atom. The van der Waals surface area contributed by atoms with Crippen LogP contribution in [0, 0.1) is 0 Å². The van der Waals surface area contributed by atoms with Crippen LogP contribution in [0.3, 0.4) is 0 Å². The van der Waals surface area contributed by atoms with Crippen molar-refractivity contribution in [2.45, 2.75) is 25.4 Å². The second-order valence-corrected chi connectivity index (χ2v) is 6.74. The summed E-state index contributed by atoms with van der Waals surface area (Å²) in [6.45, 7) is 0.103. The molecule has 0 unspecified atom stereocenters. The standard InChI is InChI=1S/C16H15ClN4O3S/c17-11-4-2-1-3-10(11)9-21-14(23)12(19-16(21)24)5-6-13(22)20-15-18-7-8-25-15/h1-4,7-8,12H,5-6,9H2,(H,19,24)(H,18,20,22)/t12-/m0/s1. The number of hydrogen-bond donors (Lipinski definition) is 2. The summed E-state index contributed by atoms with van der Waals surface area (Å²) < 4.78 is 0. The van der Waals surface area contributed by atoms with E-state index in [1.807, 2.05) is 0 Å². The van der Waals surface area contributed by atoms with E-state index in [1.165, 1.54) is 11.3 Å². The van der Waals surface area contributed by atoms with Crippen LogP contribution in [-0.4, -0.2) is 33.8 Å². The van der Waals surface area contributed by atoms with Gasteiger partial charge in [-0.05, 0) is 18.1 Å². The summed E-state index contributed by atoms with van der Waals surface area (Å²) in [5.74, 6) is -0.603. The fourth-order valence-electron chi connectivity index (χ4n) is 2.46. The van der Waals surface area contributed by atoms with Gasteiger partial charge < -0.3 is 10.6 Å². The number of imide groups is 1. The molecule has 1 aromatic heterocycles. The molecule has 1 aliphatic heterocycles. The molecule has 130 valence electrons. The van der Waals surface area contributed by atoms with Crippen molar-refractivity contribution < 1.29 is 14.4 Å². The number of amides is 4. The van der Waals surface area contributed by atoms with Crippen LogP contribution >= 0.6 is 22.9 Å². The number of nitrogens with one attached hydrogen (secondary N) is 2. The Balaban J connectivity index is 1.56. The summed E-state index contributed by atoms with van der Waals surface area (Å²) >= 11 is 7.39. The maximum atomic E-state index is 12.4. The molecule has 2 heterocycles. The van der Waals surface area contributed by atoms with Gasteiger partial charge in [-0.3, -0.25) is 14.5 Å². The van der Waals surface area contributed by atoms with Gasteiger partial charge in [-0.1, -0.05) is 29.8 Å². The Kier molecular flexibility index (Phi) is 5.30. The van der Waals surface area contributed by atoms with E-state index in [4.69, 9.17) is 11.6 Å². The Morgan fingerprint density at radius 2 is 2.16 bits per heavy atom. The highest BCUT2D eigenvalue weighted by atomic mass is 35.5. The van der Waals surface area contributed by atoms with Crippen LogP contribution in [0.15, 0.2) is 35.8 Å². The molecule has 1 fully saturated rings. The molecule has 1 saturated heterocycles. The van der Waals surface area contributed by atoms with Gasteiger partial charge in [0.1, 0.15) is 6.04 Å². The molecule has 2 N–H and O–H groups in total. The Labute approximate surface area is 153 Å². The monoisotopic (exact) mass is 378 g/mol. The minimum atomic E-state index is -0.711. The van der Waals surface area contributed by atoms with Crippen LogP contribution in [0.25, 0.3) is 0 Å². The summed E-state index contributed by atoms with van der Waals surface area (Å²) in [5, 5.41) is 8.01. The number of hydrogen-bond acceptors (Lipinski definition) is 5. The molecule has 0 saturated carbocycles. The molecule has 3 rings (SSSR count). The van der Waals surface area contributed by atoms with Crippen LogP contribution in [0.2, 0.25) is 5.02 Å². The van der Waals surface area contributed by atoms with Crippen molar-refractivity contribution in [2.24, 2.45) is 0 Å². The van der Waals surface area contributed by atoms with Crippen molar-refractivity contribution >= 4 is 45.9 Å². The van der Waals surface area contributed by atoms with Crippen LogP contribution in [0.1, 0.15) is 18.4 Å². The predicted molar refractivity (Wildman–Crippen MR) is 94.3 cm³/mol. The van der Waals surface area contributed by atoms with Gasteiger partial charge in [0.2, 0.25) is 5.91 Å². The molecule has 7 nitrogen and oxygen atoms in total. The first-order valence-electron chi connectivity index (χ1n) is 7.59. The van der Waals surface area contributed by atoms with E-state index in [0.717, 1.165) is 4.90 Å². The first kappa shape index (κ1) is 17.4. The molecule has 9 heteroatoms. The number of anilines is 1. The number of carbonyl (C=O) groups is 3. The predicted octanol–water partition coefficient (Wildman–Crippen LogP) is 2.64. The average Bonchev–Trinajstić information content (AvgIpc) is 3.18. The van der Waals surface area contributed by atoms with Crippen molar-refractivity contribution in [3.05, 3.63) is 46.4 Å². The number of halogens is 1. The molecule has 25 heavy (non-hydrogen) atoms. The zero-order chi connectivity index (χ0) is 17.8. The van der Waals surface area contributed by atoms with Gasteiger partial charge in [0.25, 0.3) is 5.91 Å². The molecule has 4 amide bonds. The molecule has 0 aliphatic carbocycles. The lowest BCUT2D eigenvalue weighted by Gasteiger charge is -2.14. The average molecular weight is 379 g/mol. The highest BCUT2D eigenvalue weighted by Gasteiger charge is 2.38. The van der Waals surface area contributed by atoms with Gasteiger partial charge >= 0.3 is 6.03 Å². The van der Waals surface area contributed by atoms with Crippen molar-refractivity contribution in [3.8, 4) is 0 Å². The molecule has 0 radical (unpaired) electrons. The maximum Gasteiger partial charge on any atom is 0.325 e. The van der Waals surface area contributed by atoms with Crippen molar-refractivity contribution in [1.29, 1.82) is 0 Å². The summed E-state index contributed by atoms with van der Waals surface area (Å²) in [6.07, 6.45) is 1.92. The largest absolute Gasteiger partial charge is 0.326 e. The number of rotatable bonds is 6. The fraction of sp³-hybridized carbons (Fsp3) is 0.250. The van der Waals surface area contributed by atoms with E-state index in [9.17, 15) is 14.4 Å². The van der Waals surface area contributed by atoms with Crippen LogP contribution in [-0.2, 0) is 16.1 Å². The number of thiazole rings is 1. The van der Waals surface area contributed by atoms with Crippen LogP contribution in [0.4, 0.5) is 9.93 Å². The zero-order valence-electron chi connectivity index (χ0n) is 13.1. The van der Waals surface area contributed by atoms with E-state index in [1.54, 1.807) is 35.8 Å². The molecule has 1 aromatic carbocycles. The van der Waals surface area contributed by atoms with Crippen molar-refractivity contribution in [2.75, 3.05) is 5.32 Å². The number of urea groups is 1. The zero-order valence-corrected chi connectivity index (χ0v) is 14.6. The Morgan fingerprint density at radius 3 is 2.88 bits per heavy atom. The van der Waals surface area contributed by atoms with Crippen molar-refractivity contribution in [1.82, 2.24) is 15.2 Å². The SMILES string of the molecule is O=C(CC[C@@H]1NC(=O)N(Cc2ccccc2Cl)C1=O)Nc1nccs1. The second-order valence-electron chi connectivity index (χ2n) is 5.44. The fourth-order valence-corrected chi connectivity index (χ4v) is 3.20. The molecule has 1 aliphatic rings. The maximum absolute atomic E-state index is 12.4. The third-order valence-electron chi connectivity index (χ3n) is 3.73. The molecule has 0 bridgehead atoms. The topological polar surface area (TPSA) is 91.4 Å². The lowest BCUT2D eigenvalue weighted by atomic mass is 10.1. The molecule has 2 aromatic rings. The van der Waals surface area contributed by atoms with Gasteiger partial charge in [0, 0.05) is 23.0 Å². The summed E-state index contributed by atoms with van der Waals surface area (Å²) in [6, 6.07) is 5.85. The summed E-state index contributed by atoms with van der Waals surface area (Å²) in [4.78, 5) is 41.4. The molecule has 0 spiro atoms. The van der Waals surface area contributed by atoms with Gasteiger partial charge in [-0.2, -0.15) is 0 Å². The minimum absolute atomic E-state index is 0.103. The Bertz CT molecular complexity index is 796. The number of benzene rings is 1. The summed E-state index contributed by atoms with van der Waals surface area (Å²) in [5.41, 5.74) is 0.690. The quantitative estimate of drug-likeness (QED) is 0.756. The highest BCUT2D eigenvalue weighted by molar-refractivity contribution is 7.13. The minimum Gasteiger partial charge on any atom is -0.326 e. The normalized spacial score (nSPS) is 16.8. The number of carbonyl (C=O) groups excluding carboxylic acids is 3. The molecular weight excluding hydrogens is 364 g/mol. The van der Waals surface area contributed by atoms with E-state index < -0.39 is 12.1 Å². The van der Waals surface area contributed by atoms with E-state index in [0.29, 0.717) is 15.7 Å². The van der Waals surface area contributed by atoms with Gasteiger partial charge in [-0.25, -0.2) is 9.78 Å². The third kappa shape index (κ3) is 4.15. The molecule has 1 atom stereocenters. The Hall–Kier alpha value is -2.45.